The maximum absolute atomic E-state index is 6.27. The summed E-state index contributed by atoms with van der Waals surface area (Å²) in [6, 6.07) is 21.6. The van der Waals surface area contributed by atoms with Crippen molar-refractivity contribution in [1.29, 1.82) is 0 Å². The van der Waals surface area contributed by atoms with E-state index in [2.05, 4.69) is 19.9 Å². The van der Waals surface area contributed by atoms with Crippen LogP contribution >= 0.6 is 11.6 Å². The van der Waals surface area contributed by atoms with Gasteiger partial charge in [-0.3, -0.25) is 0 Å². The monoisotopic (exact) mass is 428 g/mol. The lowest BCUT2D eigenvalue weighted by atomic mass is 10.1. The van der Waals surface area contributed by atoms with E-state index in [1.807, 2.05) is 72.9 Å². The Bertz CT molecular complexity index is 1300. The van der Waals surface area contributed by atoms with Crippen LogP contribution in [0.15, 0.2) is 79.3 Å². The smallest absolute Gasteiger partial charge is 0.295 e. The van der Waals surface area contributed by atoms with Crippen LogP contribution in [0.25, 0.3) is 22.7 Å². The Morgan fingerprint density at radius 1 is 0.968 bits per heavy atom. The molecule has 0 bridgehead atoms. The van der Waals surface area contributed by atoms with Gasteiger partial charge >= 0.3 is 0 Å². The van der Waals surface area contributed by atoms with Crippen LogP contribution in [0.5, 0.6) is 5.75 Å². The van der Waals surface area contributed by atoms with Crippen LogP contribution in [0, 0.1) is 0 Å². The topological polar surface area (TPSA) is 77.8 Å². The number of pyridine rings is 1. The van der Waals surface area contributed by atoms with Gasteiger partial charge in [-0.05, 0) is 40.9 Å². The highest BCUT2D eigenvalue weighted by Gasteiger charge is 2.13. The van der Waals surface area contributed by atoms with Gasteiger partial charge in [-0.2, -0.15) is 4.98 Å². The van der Waals surface area contributed by atoms with Crippen LogP contribution in [-0.2, 0) is 13.0 Å². The van der Waals surface area contributed by atoms with Crippen molar-refractivity contribution >= 4 is 22.8 Å². The molecule has 3 heterocycles. The van der Waals surface area contributed by atoms with E-state index in [4.69, 9.17) is 21.3 Å². The summed E-state index contributed by atoms with van der Waals surface area (Å²) in [5.74, 6) is 1.47. The fraction of sp³-hybridized carbons (Fsp3) is 0.0833. The number of nitrogens with zero attached hydrogens (tertiary/aromatic N) is 3. The van der Waals surface area contributed by atoms with Gasteiger partial charge in [0, 0.05) is 22.7 Å². The van der Waals surface area contributed by atoms with E-state index in [1.54, 1.807) is 6.33 Å². The summed E-state index contributed by atoms with van der Waals surface area (Å²) in [5.41, 5.74) is 5.21. The normalized spacial score (nSPS) is 11.0. The zero-order valence-corrected chi connectivity index (χ0v) is 17.3. The number of hydrogen-bond donors (Lipinski definition) is 1. The molecule has 0 aliphatic carbocycles. The largest absolute Gasteiger partial charge is 0.489 e. The van der Waals surface area contributed by atoms with E-state index < -0.39 is 0 Å². The highest BCUT2D eigenvalue weighted by molar-refractivity contribution is 6.30. The zero-order chi connectivity index (χ0) is 21.0. The number of rotatable bonds is 6. The van der Waals surface area contributed by atoms with Gasteiger partial charge in [0.05, 0.1) is 0 Å². The van der Waals surface area contributed by atoms with Gasteiger partial charge in [0.2, 0.25) is 0 Å². The van der Waals surface area contributed by atoms with Crippen molar-refractivity contribution in [3.8, 4) is 17.3 Å². The minimum atomic E-state index is 0.492. The van der Waals surface area contributed by atoms with Gasteiger partial charge in [-0.1, -0.05) is 48.0 Å². The number of H-pyrrole nitrogens is 2. The number of imidazole rings is 1. The Morgan fingerprint density at radius 2 is 1.87 bits per heavy atom. The van der Waals surface area contributed by atoms with E-state index in [0.29, 0.717) is 29.5 Å². The summed E-state index contributed by atoms with van der Waals surface area (Å²) >= 11 is 6.27. The molecule has 2 aromatic carbocycles. The lowest BCUT2D eigenvalue weighted by molar-refractivity contribution is -0.380. The molecule has 3 aromatic heterocycles. The Kier molecular flexibility index (Phi) is 5.29. The fourth-order valence-electron chi connectivity index (χ4n) is 3.38. The summed E-state index contributed by atoms with van der Waals surface area (Å²) < 4.78 is 6.09. The molecule has 31 heavy (non-hydrogen) atoms. The lowest BCUT2D eigenvalue weighted by Crippen LogP contribution is -2.01. The highest BCUT2D eigenvalue weighted by atomic mass is 35.5. The van der Waals surface area contributed by atoms with Crippen molar-refractivity contribution < 1.29 is 9.72 Å². The number of fused-ring (bicyclic) bond motifs is 1. The average Bonchev–Trinajstić information content (AvgIpc) is 3.24. The Morgan fingerprint density at radius 3 is 2.74 bits per heavy atom. The van der Waals surface area contributed by atoms with E-state index >= 15 is 0 Å². The van der Waals surface area contributed by atoms with E-state index in [0.717, 1.165) is 33.8 Å². The molecule has 6 nitrogen and oxygen atoms in total. The number of ether oxygens (including phenoxy) is 1. The van der Waals surface area contributed by atoms with E-state index in [9.17, 15) is 0 Å². The molecule has 0 atom stereocenters. The molecule has 0 saturated carbocycles. The van der Waals surface area contributed by atoms with Gasteiger partial charge in [0.25, 0.3) is 12.0 Å². The molecular formula is C24H19ClN5O+. The second kappa shape index (κ2) is 8.53. The van der Waals surface area contributed by atoms with Crippen molar-refractivity contribution in [2.45, 2.75) is 13.0 Å². The number of halogens is 1. The third kappa shape index (κ3) is 4.39. The molecule has 0 fully saturated rings. The van der Waals surface area contributed by atoms with Crippen molar-refractivity contribution in [3.63, 3.8) is 0 Å². The van der Waals surface area contributed by atoms with Crippen LogP contribution in [0.4, 0.5) is 0 Å². The Balaban J connectivity index is 1.40. The quantitative estimate of drug-likeness (QED) is 0.426. The first-order valence-electron chi connectivity index (χ1n) is 9.88. The minimum absolute atomic E-state index is 0.492. The van der Waals surface area contributed by atoms with Crippen LogP contribution < -0.4 is 9.72 Å². The molecular weight excluding hydrogens is 410 g/mol. The molecule has 5 aromatic rings. The van der Waals surface area contributed by atoms with Crippen molar-refractivity contribution in [2.24, 2.45) is 0 Å². The molecule has 0 spiro atoms. The van der Waals surface area contributed by atoms with Crippen LogP contribution in [-0.4, -0.2) is 19.9 Å². The molecule has 7 heteroatoms. The Hall–Kier alpha value is -3.77. The summed E-state index contributed by atoms with van der Waals surface area (Å²) in [7, 11) is 0. The molecule has 0 amide bonds. The van der Waals surface area contributed by atoms with Gasteiger partial charge in [-0.25, -0.2) is 9.97 Å². The first-order chi connectivity index (χ1) is 15.2. The molecule has 0 aliphatic heterocycles. The van der Waals surface area contributed by atoms with Gasteiger partial charge in [0.15, 0.2) is 11.3 Å². The third-order valence-electron chi connectivity index (χ3n) is 4.88. The number of hydrogen-bond acceptors (Lipinski definition) is 4. The van der Waals surface area contributed by atoms with E-state index in [-0.39, 0.29) is 0 Å². The number of aromatic nitrogens is 5. The first-order valence-corrected chi connectivity index (χ1v) is 10.3. The summed E-state index contributed by atoms with van der Waals surface area (Å²) in [4.78, 5) is 19.7. The number of benzene rings is 2. The predicted molar refractivity (Wildman–Crippen MR) is 119 cm³/mol. The Labute approximate surface area is 184 Å². The second-order valence-corrected chi connectivity index (χ2v) is 7.55. The standard InChI is InChI=1S/C24H18ClN5O/c25-18-9-10-22(31-14-16-5-2-1-3-6-16)17(11-18)12-19-7-4-8-20(28-19)24-29-21-13-26-15-27-23(21)30-24/h1-11,13,15H,12,14H2,(H,26,27,29,30)/p+1. The first kappa shape index (κ1) is 19.2. The fourth-order valence-corrected chi connectivity index (χ4v) is 3.58. The molecule has 152 valence electrons. The third-order valence-corrected chi connectivity index (χ3v) is 5.12. The lowest BCUT2D eigenvalue weighted by Gasteiger charge is -2.12. The minimum Gasteiger partial charge on any atom is -0.489 e. The molecule has 0 saturated heterocycles. The van der Waals surface area contributed by atoms with Crippen molar-refractivity contribution in [3.05, 3.63) is 101 Å². The van der Waals surface area contributed by atoms with Gasteiger partial charge in [0.1, 0.15) is 24.2 Å². The van der Waals surface area contributed by atoms with Crippen molar-refractivity contribution in [2.75, 3.05) is 0 Å². The number of nitrogens with one attached hydrogen (secondary N) is 2. The molecule has 0 unspecified atom stereocenters. The van der Waals surface area contributed by atoms with E-state index in [1.165, 1.54) is 0 Å². The SMILES string of the molecule is Clc1ccc(OCc2ccccc2)c(Cc2cccc(-c3nc4nc[nH+]cc4[nH]3)n2)c1. The zero-order valence-electron chi connectivity index (χ0n) is 16.5. The molecule has 0 aliphatic rings. The molecule has 5 rings (SSSR count). The van der Waals surface area contributed by atoms with Crippen LogP contribution in [0.3, 0.4) is 0 Å². The van der Waals surface area contributed by atoms with Crippen LogP contribution in [0.2, 0.25) is 5.02 Å². The summed E-state index contributed by atoms with van der Waals surface area (Å²) in [6.45, 7) is 0.492. The average molecular weight is 429 g/mol. The molecule has 2 N–H and O–H groups in total. The molecule has 0 radical (unpaired) electrons. The second-order valence-electron chi connectivity index (χ2n) is 7.11. The maximum Gasteiger partial charge on any atom is 0.295 e. The van der Waals surface area contributed by atoms with Crippen LogP contribution in [0.1, 0.15) is 16.8 Å². The maximum atomic E-state index is 6.27. The van der Waals surface area contributed by atoms with Crippen molar-refractivity contribution in [1.82, 2.24) is 19.9 Å². The van der Waals surface area contributed by atoms with Gasteiger partial charge in [-0.15, -0.1) is 0 Å². The summed E-state index contributed by atoms with van der Waals surface area (Å²) in [5, 5.41) is 0.665. The van der Waals surface area contributed by atoms with Gasteiger partial charge < -0.3 is 9.72 Å². The summed E-state index contributed by atoms with van der Waals surface area (Å²) in [6.07, 6.45) is 4.02. The highest BCUT2D eigenvalue weighted by Crippen LogP contribution is 2.27. The predicted octanol–water partition coefficient (Wildman–Crippen LogP) is 4.66. The number of aromatic amines is 2.